The molecule has 4 rings (SSSR count). The van der Waals surface area contributed by atoms with Crippen molar-refractivity contribution in [2.24, 2.45) is 0 Å². The number of anilines is 4. The van der Waals surface area contributed by atoms with Crippen molar-refractivity contribution in [1.29, 1.82) is 0 Å². The SMILES string of the molecule is Cc1cc(Nc2ccccc2C(F)(F)F)nc(N2CCc3ccccc32)n1. The van der Waals surface area contributed by atoms with Crippen molar-refractivity contribution < 1.29 is 13.2 Å². The lowest BCUT2D eigenvalue weighted by Gasteiger charge is -2.19. The van der Waals surface area contributed by atoms with E-state index in [1.54, 1.807) is 19.1 Å². The molecule has 3 aromatic rings. The van der Waals surface area contributed by atoms with Gasteiger partial charge in [0.05, 0.1) is 11.3 Å². The third-order valence-corrected chi connectivity index (χ3v) is 4.47. The maximum atomic E-state index is 13.2. The van der Waals surface area contributed by atoms with Crippen LogP contribution < -0.4 is 10.2 Å². The molecule has 0 saturated heterocycles. The van der Waals surface area contributed by atoms with E-state index in [0.717, 1.165) is 24.7 Å². The first kappa shape index (κ1) is 17.3. The molecule has 2 heterocycles. The fourth-order valence-electron chi connectivity index (χ4n) is 3.26. The number of aromatic nitrogens is 2. The standard InChI is InChI=1S/C20H17F3N4/c1-13-12-18(25-16-8-4-3-7-15(16)20(21,22)23)26-19(24-13)27-11-10-14-6-2-5-9-17(14)27/h2-9,12H,10-11H2,1H3,(H,24,25,26). The lowest BCUT2D eigenvalue weighted by molar-refractivity contribution is -0.136. The minimum absolute atomic E-state index is 0.0316. The van der Waals surface area contributed by atoms with Gasteiger partial charge in [0, 0.05) is 24.0 Å². The highest BCUT2D eigenvalue weighted by molar-refractivity contribution is 5.68. The van der Waals surface area contributed by atoms with Crippen LogP contribution in [0.2, 0.25) is 0 Å². The van der Waals surface area contributed by atoms with Crippen molar-refractivity contribution in [1.82, 2.24) is 9.97 Å². The Balaban J connectivity index is 1.69. The molecular formula is C20H17F3N4. The smallest absolute Gasteiger partial charge is 0.340 e. The van der Waals surface area contributed by atoms with Crippen LogP contribution in [0.4, 0.5) is 36.3 Å². The molecule has 7 heteroatoms. The van der Waals surface area contributed by atoms with Gasteiger partial charge in [-0.15, -0.1) is 0 Å². The second-order valence-corrected chi connectivity index (χ2v) is 6.39. The zero-order valence-corrected chi connectivity index (χ0v) is 14.6. The zero-order valence-electron chi connectivity index (χ0n) is 14.6. The Morgan fingerprint density at radius 1 is 1.00 bits per heavy atom. The average molecular weight is 370 g/mol. The number of aryl methyl sites for hydroxylation is 1. The number of nitrogens with zero attached hydrogens (tertiary/aromatic N) is 3. The number of halogens is 3. The van der Waals surface area contributed by atoms with Crippen molar-refractivity contribution in [2.45, 2.75) is 19.5 Å². The van der Waals surface area contributed by atoms with Crippen molar-refractivity contribution in [3.05, 3.63) is 71.4 Å². The first-order chi connectivity index (χ1) is 12.9. The Morgan fingerprint density at radius 2 is 1.74 bits per heavy atom. The topological polar surface area (TPSA) is 41.1 Å². The van der Waals surface area contributed by atoms with Crippen molar-refractivity contribution in [3.63, 3.8) is 0 Å². The lowest BCUT2D eigenvalue weighted by atomic mass is 10.1. The largest absolute Gasteiger partial charge is 0.418 e. The number of nitrogens with one attached hydrogen (secondary N) is 1. The molecule has 0 amide bonds. The van der Waals surface area contributed by atoms with E-state index in [9.17, 15) is 13.2 Å². The Morgan fingerprint density at radius 3 is 2.56 bits per heavy atom. The van der Waals surface area contributed by atoms with Gasteiger partial charge >= 0.3 is 6.18 Å². The number of fused-ring (bicyclic) bond motifs is 1. The van der Waals surface area contributed by atoms with E-state index in [0.29, 0.717) is 17.5 Å². The number of hydrogen-bond donors (Lipinski definition) is 1. The van der Waals surface area contributed by atoms with Gasteiger partial charge in [0.1, 0.15) is 5.82 Å². The van der Waals surface area contributed by atoms with Gasteiger partial charge in [-0.1, -0.05) is 30.3 Å². The highest BCUT2D eigenvalue weighted by Crippen LogP contribution is 2.36. The Bertz CT molecular complexity index is 985. The fraction of sp³-hybridized carbons (Fsp3) is 0.200. The van der Waals surface area contributed by atoms with E-state index < -0.39 is 11.7 Å². The summed E-state index contributed by atoms with van der Waals surface area (Å²) in [6, 6.07) is 15.0. The molecule has 0 saturated carbocycles. The van der Waals surface area contributed by atoms with E-state index in [2.05, 4.69) is 21.4 Å². The van der Waals surface area contributed by atoms with Gasteiger partial charge in [-0.3, -0.25) is 0 Å². The van der Waals surface area contributed by atoms with Crippen LogP contribution in [-0.2, 0) is 12.6 Å². The molecule has 0 atom stereocenters. The van der Waals surface area contributed by atoms with Gasteiger partial charge in [0.25, 0.3) is 0 Å². The van der Waals surface area contributed by atoms with E-state index in [1.165, 1.54) is 17.7 Å². The van der Waals surface area contributed by atoms with Crippen molar-refractivity contribution in [3.8, 4) is 0 Å². The number of para-hydroxylation sites is 2. The molecule has 138 valence electrons. The number of rotatable bonds is 3. The molecular weight excluding hydrogens is 353 g/mol. The molecule has 1 aliphatic heterocycles. The molecule has 27 heavy (non-hydrogen) atoms. The van der Waals surface area contributed by atoms with Crippen LogP contribution >= 0.6 is 0 Å². The summed E-state index contributed by atoms with van der Waals surface area (Å²) in [5, 5.41) is 2.81. The molecule has 0 spiro atoms. The molecule has 2 aromatic carbocycles. The van der Waals surface area contributed by atoms with E-state index in [-0.39, 0.29) is 5.69 Å². The molecule has 4 nitrogen and oxygen atoms in total. The third-order valence-electron chi connectivity index (χ3n) is 4.47. The summed E-state index contributed by atoms with van der Waals surface area (Å²) >= 11 is 0. The highest BCUT2D eigenvalue weighted by atomic mass is 19.4. The van der Waals surface area contributed by atoms with Crippen molar-refractivity contribution in [2.75, 3.05) is 16.8 Å². The summed E-state index contributed by atoms with van der Waals surface area (Å²) in [7, 11) is 0. The Kier molecular flexibility index (Phi) is 4.22. The average Bonchev–Trinajstić information content (AvgIpc) is 3.05. The normalized spacial score (nSPS) is 13.6. The summed E-state index contributed by atoms with van der Waals surface area (Å²) in [6.45, 7) is 2.54. The molecule has 0 radical (unpaired) electrons. The summed E-state index contributed by atoms with van der Waals surface area (Å²) < 4.78 is 39.7. The van der Waals surface area contributed by atoms with Crippen LogP contribution in [0.1, 0.15) is 16.8 Å². The second-order valence-electron chi connectivity index (χ2n) is 6.39. The maximum absolute atomic E-state index is 13.2. The van der Waals surface area contributed by atoms with E-state index in [4.69, 9.17) is 0 Å². The van der Waals surface area contributed by atoms with Gasteiger partial charge < -0.3 is 10.2 Å². The van der Waals surface area contributed by atoms with Gasteiger partial charge in [0.15, 0.2) is 0 Å². The summed E-state index contributed by atoms with van der Waals surface area (Å²) in [5.74, 6) is 0.811. The van der Waals surface area contributed by atoms with Crippen LogP contribution in [0.15, 0.2) is 54.6 Å². The molecule has 1 N–H and O–H groups in total. The summed E-state index contributed by atoms with van der Waals surface area (Å²) in [6.07, 6.45) is -3.56. The first-order valence-corrected chi connectivity index (χ1v) is 8.56. The minimum atomic E-state index is -4.44. The number of benzene rings is 2. The van der Waals surface area contributed by atoms with E-state index >= 15 is 0 Å². The predicted molar refractivity (Wildman–Crippen MR) is 98.6 cm³/mol. The zero-order chi connectivity index (χ0) is 19.0. The van der Waals surface area contributed by atoms with Crippen LogP contribution in [0.5, 0.6) is 0 Å². The molecule has 0 bridgehead atoms. The Hall–Kier alpha value is -3.09. The fourth-order valence-corrected chi connectivity index (χ4v) is 3.26. The lowest BCUT2D eigenvalue weighted by Crippen LogP contribution is -2.17. The quantitative estimate of drug-likeness (QED) is 0.684. The molecule has 0 fully saturated rings. The van der Waals surface area contributed by atoms with Crippen LogP contribution in [-0.4, -0.2) is 16.5 Å². The summed E-state index contributed by atoms with van der Waals surface area (Å²) in [5.41, 5.74) is 2.16. The monoisotopic (exact) mass is 370 g/mol. The van der Waals surface area contributed by atoms with Gasteiger partial charge in [-0.25, -0.2) is 4.98 Å². The van der Waals surface area contributed by atoms with E-state index in [1.807, 2.05) is 23.1 Å². The molecule has 0 unspecified atom stereocenters. The van der Waals surface area contributed by atoms with Crippen LogP contribution in [0.3, 0.4) is 0 Å². The van der Waals surface area contributed by atoms with Gasteiger partial charge in [0.2, 0.25) is 5.95 Å². The minimum Gasteiger partial charge on any atom is -0.340 e. The molecule has 1 aliphatic rings. The van der Waals surface area contributed by atoms with Crippen molar-refractivity contribution >= 4 is 23.1 Å². The molecule has 0 aliphatic carbocycles. The van der Waals surface area contributed by atoms with Gasteiger partial charge in [-0.2, -0.15) is 18.2 Å². The predicted octanol–water partition coefficient (Wildman–Crippen LogP) is 5.24. The summed E-state index contributed by atoms with van der Waals surface area (Å²) in [4.78, 5) is 10.9. The number of hydrogen-bond acceptors (Lipinski definition) is 4. The van der Waals surface area contributed by atoms with Gasteiger partial charge in [-0.05, 0) is 37.1 Å². The maximum Gasteiger partial charge on any atom is 0.418 e. The third kappa shape index (κ3) is 3.45. The van der Waals surface area contributed by atoms with Crippen LogP contribution in [0.25, 0.3) is 0 Å². The molecule has 1 aromatic heterocycles. The highest BCUT2D eigenvalue weighted by Gasteiger charge is 2.33. The Labute approximate surface area is 154 Å². The number of alkyl halides is 3. The van der Waals surface area contributed by atoms with Crippen LogP contribution in [0, 0.1) is 6.92 Å². The first-order valence-electron chi connectivity index (χ1n) is 8.56. The second kappa shape index (κ2) is 6.57.